The number of carbonyl (C=O) groups is 2. The Hall–Kier alpha value is -1.68. The molecule has 2 rings (SSSR count). The van der Waals surface area contributed by atoms with E-state index in [1.54, 1.807) is 0 Å². The second-order valence-electron chi connectivity index (χ2n) is 5.43. The molecular weight excluding hydrogens is 252 g/mol. The predicted molar refractivity (Wildman–Crippen MR) is 78.8 cm³/mol. The van der Waals surface area contributed by atoms with E-state index in [2.05, 4.69) is 5.32 Å². The molecule has 0 radical (unpaired) electrons. The van der Waals surface area contributed by atoms with Gasteiger partial charge < -0.3 is 10.2 Å². The molecule has 1 unspecified atom stereocenters. The highest BCUT2D eigenvalue weighted by Gasteiger charge is 2.23. The van der Waals surface area contributed by atoms with E-state index in [1.165, 1.54) is 0 Å². The van der Waals surface area contributed by atoms with Crippen molar-refractivity contribution in [1.29, 1.82) is 0 Å². The summed E-state index contributed by atoms with van der Waals surface area (Å²) >= 11 is 0. The van der Waals surface area contributed by atoms with Crippen molar-refractivity contribution in [3.05, 3.63) is 35.4 Å². The highest BCUT2D eigenvalue weighted by atomic mass is 16.2. The summed E-state index contributed by atoms with van der Waals surface area (Å²) in [6.07, 6.45) is 0.593. The lowest BCUT2D eigenvalue weighted by molar-refractivity contribution is -0.133. The molecule has 1 saturated heterocycles. The highest BCUT2D eigenvalue weighted by molar-refractivity contribution is 5.98. The van der Waals surface area contributed by atoms with Crippen molar-refractivity contribution >= 4 is 11.7 Å². The number of rotatable bonds is 4. The van der Waals surface area contributed by atoms with Gasteiger partial charge >= 0.3 is 0 Å². The van der Waals surface area contributed by atoms with Gasteiger partial charge in [-0.25, -0.2) is 0 Å². The molecule has 4 nitrogen and oxygen atoms in total. The van der Waals surface area contributed by atoms with E-state index < -0.39 is 0 Å². The van der Waals surface area contributed by atoms with Crippen molar-refractivity contribution in [3.63, 3.8) is 0 Å². The average Bonchev–Trinajstić information content (AvgIpc) is 2.45. The Kier molecular flexibility index (Phi) is 4.90. The van der Waals surface area contributed by atoms with Crippen molar-refractivity contribution in [3.8, 4) is 0 Å². The molecule has 1 aromatic rings. The van der Waals surface area contributed by atoms with E-state index in [-0.39, 0.29) is 17.7 Å². The van der Waals surface area contributed by atoms with Crippen molar-refractivity contribution in [2.75, 3.05) is 19.6 Å². The monoisotopic (exact) mass is 274 g/mol. The molecule has 1 heterocycles. The van der Waals surface area contributed by atoms with Gasteiger partial charge in [-0.15, -0.1) is 0 Å². The molecule has 1 amide bonds. The number of carbonyl (C=O) groups excluding carboxylic acids is 2. The van der Waals surface area contributed by atoms with E-state index in [9.17, 15) is 9.59 Å². The topological polar surface area (TPSA) is 49.4 Å². The molecule has 108 valence electrons. The van der Waals surface area contributed by atoms with Crippen LogP contribution in [-0.4, -0.2) is 42.3 Å². The third-order valence-electron chi connectivity index (χ3n) is 3.76. The minimum absolute atomic E-state index is 0.0427. The summed E-state index contributed by atoms with van der Waals surface area (Å²) in [6, 6.07) is 7.72. The number of amides is 1. The van der Waals surface area contributed by atoms with Gasteiger partial charge in [0, 0.05) is 44.1 Å². The lowest BCUT2D eigenvalue weighted by Gasteiger charge is -2.34. The number of ketones is 1. The average molecular weight is 274 g/mol. The molecule has 20 heavy (non-hydrogen) atoms. The third kappa shape index (κ3) is 3.67. The first-order chi connectivity index (χ1) is 9.58. The molecule has 0 aliphatic carbocycles. The molecule has 1 aliphatic rings. The predicted octanol–water partition coefficient (Wildman–Crippen LogP) is 1.78. The summed E-state index contributed by atoms with van der Waals surface area (Å²) in [5.74, 6) is 0.126. The maximum atomic E-state index is 12.1. The number of hydrogen-bond acceptors (Lipinski definition) is 3. The minimum Gasteiger partial charge on any atom is -0.337 e. The largest absolute Gasteiger partial charge is 0.337 e. The first kappa shape index (κ1) is 14.7. The summed E-state index contributed by atoms with van der Waals surface area (Å²) < 4.78 is 0. The Morgan fingerprint density at radius 2 is 1.95 bits per heavy atom. The fourth-order valence-electron chi connectivity index (χ4n) is 2.46. The number of Topliss-reactive ketones (excluding diaryl/α,β-unsaturated/α-hetero) is 1. The second kappa shape index (κ2) is 6.66. The summed E-state index contributed by atoms with van der Waals surface area (Å²) in [7, 11) is 0. The Balaban J connectivity index is 1.86. The number of hydrogen-bond donors (Lipinski definition) is 1. The van der Waals surface area contributed by atoms with Crippen LogP contribution in [-0.2, 0) is 4.79 Å². The summed E-state index contributed by atoms with van der Waals surface area (Å²) in [5.41, 5.74) is 1.82. The zero-order chi connectivity index (χ0) is 14.5. The van der Waals surface area contributed by atoms with Crippen LogP contribution < -0.4 is 5.32 Å². The fraction of sp³-hybridized carbons (Fsp3) is 0.500. The molecule has 1 aromatic carbocycles. The van der Waals surface area contributed by atoms with Gasteiger partial charge in [-0.2, -0.15) is 0 Å². The minimum atomic E-state index is 0.0427. The first-order valence-corrected chi connectivity index (χ1v) is 7.18. The normalized spacial score (nSPS) is 18.9. The molecule has 0 spiro atoms. The van der Waals surface area contributed by atoms with Crippen molar-refractivity contribution in [2.45, 2.75) is 32.7 Å². The Labute approximate surface area is 120 Å². The van der Waals surface area contributed by atoms with Gasteiger partial charge in [0.2, 0.25) is 5.91 Å². The van der Waals surface area contributed by atoms with Crippen LogP contribution in [0.5, 0.6) is 0 Å². The third-order valence-corrected chi connectivity index (χ3v) is 3.76. The van der Waals surface area contributed by atoms with E-state index in [1.807, 2.05) is 43.0 Å². The highest BCUT2D eigenvalue weighted by Crippen LogP contribution is 2.11. The zero-order valence-corrected chi connectivity index (χ0v) is 12.2. The maximum Gasteiger partial charge on any atom is 0.223 e. The van der Waals surface area contributed by atoms with Gasteiger partial charge in [0.1, 0.15) is 0 Å². The van der Waals surface area contributed by atoms with Crippen LogP contribution in [0.2, 0.25) is 0 Å². The Morgan fingerprint density at radius 3 is 2.60 bits per heavy atom. The van der Waals surface area contributed by atoms with Crippen LogP contribution in [0.25, 0.3) is 0 Å². The van der Waals surface area contributed by atoms with E-state index >= 15 is 0 Å². The summed E-state index contributed by atoms with van der Waals surface area (Å²) in [6.45, 7) is 6.42. The molecule has 0 aromatic heterocycles. The van der Waals surface area contributed by atoms with E-state index in [4.69, 9.17) is 0 Å². The number of benzene rings is 1. The summed E-state index contributed by atoms with van der Waals surface area (Å²) in [5, 5.41) is 3.25. The SMILES string of the molecule is Cc1ccc(C(=O)CCC(=O)N2CCNCC2C)cc1. The molecule has 1 N–H and O–H groups in total. The van der Waals surface area contributed by atoms with E-state index in [0.29, 0.717) is 18.4 Å². The summed E-state index contributed by atoms with van der Waals surface area (Å²) in [4.78, 5) is 26.1. The van der Waals surface area contributed by atoms with Crippen LogP contribution in [0.15, 0.2) is 24.3 Å². The first-order valence-electron chi connectivity index (χ1n) is 7.18. The number of nitrogens with zero attached hydrogens (tertiary/aromatic N) is 1. The molecular formula is C16H22N2O2. The number of piperazine rings is 1. The van der Waals surface area contributed by atoms with Crippen LogP contribution in [0, 0.1) is 6.92 Å². The number of aryl methyl sites for hydroxylation is 1. The van der Waals surface area contributed by atoms with Gasteiger partial charge in [-0.05, 0) is 13.8 Å². The van der Waals surface area contributed by atoms with Crippen molar-refractivity contribution in [2.24, 2.45) is 0 Å². The molecule has 4 heteroatoms. The molecule has 1 fully saturated rings. The van der Waals surface area contributed by atoms with E-state index in [0.717, 1.165) is 25.2 Å². The number of nitrogens with one attached hydrogen (secondary N) is 1. The zero-order valence-electron chi connectivity index (χ0n) is 12.2. The quantitative estimate of drug-likeness (QED) is 0.851. The molecule has 0 saturated carbocycles. The van der Waals surface area contributed by atoms with Gasteiger partial charge in [0.15, 0.2) is 5.78 Å². The lowest BCUT2D eigenvalue weighted by atomic mass is 10.0. The van der Waals surface area contributed by atoms with Crippen LogP contribution in [0.4, 0.5) is 0 Å². The molecule has 0 bridgehead atoms. The molecule has 1 atom stereocenters. The second-order valence-corrected chi connectivity index (χ2v) is 5.43. The Bertz CT molecular complexity index is 482. The smallest absolute Gasteiger partial charge is 0.223 e. The Morgan fingerprint density at radius 1 is 1.25 bits per heavy atom. The lowest BCUT2D eigenvalue weighted by Crippen LogP contribution is -2.52. The van der Waals surface area contributed by atoms with Crippen molar-refractivity contribution in [1.82, 2.24) is 10.2 Å². The maximum absolute atomic E-state index is 12.1. The van der Waals surface area contributed by atoms with Crippen LogP contribution in [0.3, 0.4) is 0 Å². The van der Waals surface area contributed by atoms with Gasteiger partial charge in [-0.1, -0.05) is 29.8 Å². The molecule has 1 aliphatic heterocycles. The van der Waals surface area contributed by atoms with Crippen molar-refractivity contribution < 1.29 is 9.59 Å². The van der Waals surface area contributed by atoms with Gasteiger partial charge in [0.25, 0.3) is 0 Å². The van der Waals surface area contributed by atoms with Gasteiger partial charge in [0.05, 0.1) is 0 Å². The van der Waals surface area contributed by atoms with Crippen LogP contribution >= 0.6 is 0 Å². The fourth-order valence-corrected chi connectivity index (χ4v) is 2.46. The van der Waals surface area contributed by atoms with Crippen LogP contribution in [0.1, 0.15) is 35.7 Å². The van der Waals surface area contributed by atoms with Gasteiger partial charge in [-0.3, -0.25) is 9.59 Å². The standard InChI is InChI=1S/C16H22N2O2/c1-12-3-5-14(6-4-12)15(19)7-8-16(20)18-10-9-17-11-13(18)2/h3-6,13,17H,7-11H2,1-2H3.